The minimum Gasteiger partial charge on any atom is -0.355 e. The Bertz CT molecular complexity index is 2070. The molecule has 0 radical (unpaired) electrons. The van der Waals surface area contributed by atoms with Crippen molar-refractivity contribution < 1.29 is 25.2 Å². The molecule has 0 spiro atoms. The van der Waals surface area contributed by atoms with Gasteiger partial charge in [-0.1, -0.05) is 76.2 Å². The zero-order valence-electron chi connectivity index (χ0n) is 28.0. The molecule has 218 valence electrons. The Morgan fingerprint density at radius 1 is 0.767 bits per heavy atom. The van der Waals surface area contributed by atoms with Gasteiger partial charge in [-0.2, -0.15) is 47.5 Å². The first-order valence-corrected chi connectivity index (χ1v) is 14.4. The molecule has 2 aromatic heterocycles. The van der Waals surface area contributed by atoms with Crippen molar-refractivity contribution >= 4 is 38.9 Å². The molecule has 7 rings (SSSR count). The molecule has 0 aliphatic carbocycles. The van der Waals surface area contributed by atoms with Gasteiger partial charge in [0.25, 0.3) is 0 Å². The summed E-state index contributed by atoms with van der Waals surface area (Å²) in [5.41, 5.74) is 7.27. The third kappa shape index (κ3) is 4.86. The van der Waals surface area contributed by atoms with Crippen molar-refractivity contribution in [2.24, 2.45) is 0 Å². The van der Waals surface area contributed by atoms with Crippen LogP contribution < -0.4 is 9.80 Å². The van der Waals surface area contributed by atoms with Crippen LogP contribution in [-0.2, 0) is 31.9 Å². The maximum absolute atomic E-state index is 8.11. The number of benzene rings is 4. The van der Waals surface area contributed by atoms with Crippen LogP contribution in [0.25, 0.3) is 27.6 Å². The van der Waals surface area contributed by atoms with Crippen LogP contribution in [0.2, 0.25) is 0 Å². The van der Waals surface area contributed by atoms with Crippen molar-refractivity contribution in [1.82, 2.24) is 9.55 Å². The summed E-state index contributed by atoms with van der Waals surface area (Å²) in [5.74, 6) is 0.875. The molecule has 1 aliphatic rings. The Morgan fingerprint density at radius 3 is 2.30 bits per heavy atom. The number of hydrogen-bond donors (Lipinski definition) is 0. The van der Waals surface area contributed by atoms with E-state index < -0.39 is 12.4 Å². The van der Waals surface area contributed by atoms with Crippen molar-refractivity contribution in [3.05, 3.63) is 126 Å². The van der Waals surface area contributed by atoms with Crippen molar-refractivity contribution in [2.45, 2.75) is 45.4 Å². The smallest absolute Gasteiger partial charge is 0.355 e. The Morgan fingerprint density at radius 2 is 1.51 bits per heavy atom. The van der Waals surface area contributed by atoms with Gasteiger partial charge < -0.3 is 14.4 Å². The van der Waals surface area contributed by atoms with E-state index in [1.807, 2.05) is 47.5 Å². The second-order valence-corrected chi connectivity index (χ2v) is 12.7. The zero-order chi connectivity index (χ0) is 31.7. The van der Waals surface area contributed by atoms with E-state index in [2.05, 4.69) is 106 Å². The SMILES string of the molecule is [2H]C([2H])([2H])N1CN(c2[c-]c(C(C)(C)c3[c-]c4c(cc3)c3ccccc3n4-c3cc(C(C)(C)C)ccn3)ccc2)c2ccccc21.[Pt+2]. The molecule has 0 bridgehead atoms. The van der Waals surface area contributed by atoms with Gasteiger partial charge in [0.2, 0.25) is 0 Å². The Hall–Kier alpha value is -3.88. The average Bonchev–Trinajstić information content (AvgIpc) is 3.57. The normalized spacial score (nSPS) is 14.8. The van der Waals surface area contributed by atoms with Crippen LogP contribution in [0.3, 0.4) is 0 Å². The van der Waals surface area contributed by atoms with Gasteiger partial charge in [-0.25, -0.2) is 4.98 Å². The topological polar surface area (TPSA) is 24.3 Å². The minimum absolute atomic E-state index is 0. The number of rotatable bonds is 4. The number of pyridine rings is 1. The molecule has 0 unspecified atom stereocenters. The van der Waals surface area contributed by atoms with Crippen LogP contribution in [0, 0.1) is 12.1 Å². The fourth-order valence-corrected chi connectivity index (χ4v) is 6.05. The number of aromatic nitrogens is 2. The molecule has 1 aliphatic heterocycles. The van der Waals surface area contributed by atoms with Crippen LogP contribution in [0.4, 0.5) is 17.1 Å². The van der Waals surface area contributed by atoms with Crippen molar-refractivity contribution in [3.63, 3.8) is 0 Å². The van der Waals surface area contributed by atoms with E-state index in [9.17, 15) is 0 Å². The van der Waals surface area contributed by atoms with Gasteiger partial charge in [0, 0.05) is 22.8 Å². The molecular weight excluding hydrogens is 708 g/mol. The third-order valence-electron chi connectivity index (χ3n) is 8.59. The van der Waals surface area contributed by atoms with E-state index in [4.69, 9.17) is 9.10 Å². The standard InChI is InChI=1S/C38H36N4.Pt/c1-37(2,3)26-20-21-39-36(24-26)42-32-15-8-7-14-30(32)31-19-18-28(23-35(31)42)38(4,5)27-12-11-13-29(22-27)41-25-40(6)33-16-9-10-17-34(33)41;/h7-21,24H,25H2,1-6H3;/q-2;+2/i6D3;. The third-order valence-corrected chi connectivity index (χ3v) is 8.59. The Balaban J connectivity index is 0.00000372. The number of hydrogen-bond acceptors (Lipinski definition) is 3. The molecular formula is C38H36N4Pt. The maximum Gasteiger partial charge on any atom is 2.00 e. The van der Waals surface area contributed by atoms with Gasteiger partial charge in [0.05, 0.1) is 18.0 Å². The summed E-state index contributed by atoms with van der Waals surface area (Å²) in [4.78, 5) is 8.33. The van der Waals surface area contributed by atoms with Crippen LogP contribution in [0.5, 0.6) is 0 Å². The predicted octanol–water partition coefficient (Wildman–Crippen LogP) is 8.95. The quantitative estimate of drug-likeness (QED) is 0.169. The zero-order valence-corrected chi connectivity index (χ0v) is 27.3. The van der Waals surface area contributed by atoms with E-state index in [0.717, 1.165) is 50.1 Å². The monoisotopic (exact) mass is 746 g/mol. The average molecular weight is 747 g/mol. The second kappa shape index (κ2) is 10.7. The summed E-state index contributed by atoms with van der Waals surface area (Å²) >= 11 is 0. The first-order valence-electron chi connectivity index (χ1n) is 15.9. The van der Waals surface area contributed by atoms with E-state index in [1.54, 1.807) is 0 Å². The van der Waals surface area contributed by atoms with Gasteiger partial charge >= 0.3 is 21.1 Å². The summed E-state index contributed by atoms with van der Waals surface area (Å²) in [7, 11) is 0. The van der Waals surface area contributed by atoms with Gasteiger partial charge in [-0.3, -0.25) is 0 Å². The molecule has 0 saturated carbocycles. The van der Waals surface area contributed by atoms with Crippen LogP contribution in [0.15, 0.2) is 97.2 Å². The van der Waals surface area contributed by atoms with E-state index in [-0.39, 0.29) is 33.1 Å². The predicted molar refractivity (Wildman–Crippen MR) is 175 cm³/mol. The van der Waals surface area contributed by atoms with E-state index >= 15 is 0 Å². The summed E-state index contributed by atoms with van der Waals surface area (Å²) in [6.07, 6.45) is 1.90. The molecule has 4 nitrogen and oxygen atoms in total. The molecule has 0 N–H and O–H groups in total. The molecule has 0 amide bonds. The molecule has 0 saturated heterocycles. The van der Waals surface area contributed by atoms with Gasteiger partial charge in [0.1, 0.15) is 5.82 Å². The molecule has 43 heavy (non-hydrogen) atoms. The molecule has 6 aromatic rings. The van der Waals surface area contributed by atoms with Crippen LogP contribution >= 0.6 is 0 Å². The van der Waals surface area contributed by atoms with Gasteiger partial charge in [0.15, 0.2) is 0 Å². The summed E-state index contributed by atoms with van der Waals surface area (Å²) < 4.78 is 26.5. The van der Waals surface area contributed by atoms with E-state index in [0.29, 0.717) is 5.69 Å². The summed E-state index contributed by atoms with van der Waals surface area (Å²) in [6, 6.07) is 38.3. The number of fused-ring (bicyclic) bond motifs is 4. The first kappa shape index (κ1) is 25.6. The molecule has 0 fully saturated rings. The van der Waals surface area contributed by atoms with Crippen molar-refractivity contribution in [2.75, 3.05) is 23.4 Å². The number of nitrogens with zero attached hydrogens (tertiary/aromatic N) is 4. The van der Waals surface area contributed by atoms with Gasteiger partial charge in [-0.05, 0) is 52.1 Å². The Labute approximate surface area is 273 Å². The molecule has 4 aromatic carbocycles. The summed E-state index contributed by atoms with van der Waals surface area (Å²) in [5, 5.41) is 2.29. The fourth-order valence-electron chi connectivity index (χ4n) is 6.05. The fraction of sp³-hybridized carbons (Fsp3) is 0.237. The van der Waals surface area contributed by atoms with E-state index in [1.165, 1.54) is 10.5 Å². The van der Waals surface area contributed by atoms with Crippen molar-refractivity contribution in [3.8, 4) is 5.82 Å². The minimum atomic E-state index is -2.24. The van der Waals surface area contributed by atoms with Crippen LogP contribution in [-0.4, -0.2) is 23.2 Å². The number of anilines is 3. The van der Waals surface area contributed by atoms with Gasteiger partial charge in [-0.15, -0.1) is 11.5 Å². The van der Waals surface area contributed by atoms with Crippen molar-refractivity contribution in [1.29, 1.82) is 0 Å². The maximum atomic E-state index is 8.11. The first-order chi connectivity index (χ1) is 21.3. The summed E-state index contributed by atoms with van der Waals surface area (Å²) in [6.45, 7) is 9.03. The second-order valence-electron chi connectivity index (χ2n) is 12.7. The molecule has 3 heterocycles. The largest absolute Gasteiger partial charge is 2.00 e. The molecule has 5 heteroatoms. The Kier molecular flexibility index (Phi) is 6.36. The number of para-hydroxylation sites is 3. The van der Waals surface area contributed by atoms with Crippen LogP contribution in [0.1, 0.15) is 55.4 Å². The molecule has 0 atom stereocenters.